The topological polar surface area (TPSA) is 24.4 Å². The van der Waals surface area contributed by atoms with E-state index in [1.165, 1.54) is 0 Å². The van der Waals surface area contributed by atoms with E-state index >= 15 is 0 Å². The van der Waals surface area contributed by atoms with Crippen molar-refractivity contribution in [2.24, 2.45) is 4.99 Å². The third-order valence-corrected chi connectivity index (χ3v) is 2.75. The van der Waals surface area contributed by atoms with E-state index in [4.69, 9.17) is 0 Å². The molecule has 82 valence electrons. The van der Waals surface area contributed by atoms with Crippen LogP contribution in [0.2, 0.25) is 0 Å². The predicted molar refractivity (Wildman–Crippen MR) is 71.3 cm³/mol. The number of nitrogens with zero attached hydrogens (tertiary/aromatic N) is 1. The van der Waals surface area contributed by atoms with Gasteiger partial charge < -0.3 is 5.32 Å². The lowest BCUT2D eigenvalue weighted by molar-refractivity contribution is 1.52. The first kappa shape index (κ1) is 9.85. The predicted octanol–water partition coefficient (Wildman–Crippen LogP) is 3.42. The molecule has 1 heterocycles. The number of aliphatic imine (C=N–C) groups is 1. The molecule has 0 spiro atoms. The standard InChI is InChI=1S/C15H12N2/c1-2-6-12(7-3-1)15-13-8-4-5-9-14(13)16-10-11-17-15/h1-11,16H. The van der Waals surface area contributed by atoms with Crippen molar-refractivity contribution in [1.29, 1.82) is 0 Å². The maximum Gasteiger partial charge on any atom is 0.0795 e. The molecule has 1 aliphatic heterocycles. The van der Waals surface area contributed by atoms with Crippen LogP contribution in [-0.4, -0.2) is 5.71 Å². The van der Waals surface area contributed by atoms with E-state index in [0.29, 0.717) is 0 Å². The van der Waals surface area contributed by atoms with Crippen molar-refractivity contribution < 1.29 is 0 Å². The fourth-order valence-corrected chi connectivity index (χ4v) is 1.95. The minimum absolute atomic E-state index is 1.00. The number of benzene rings is 2. The Bertz CT molecular complexity index is 583. The Morgan fingerprint density at radius 3 is 2.47 bits per heavy atom. The van der Waals surface area contributed by atoms with Gasteiger partial charge in [-0.1, -0.05) is 48.5 Å². The van der Waals surface area contributed by atoms with Gasteiger partial charge in [0, 0.05) is 29.2 Å². The summed E-state index contributed by atoms with van der Waals surface area (Å²) in [6.45, 7) is 0. The summed E-state index contributed by atoms with van der Waals surface area (Å²) in [5.74, 6) is 0. The van der Waals surface area contributed by atoms with E-state index in [1.807, 2.05) is 36.5 Å². The average molecular weight is 220 g/mol. The third kappa shape index (κ3) is 1.85. The molecule has 3 rings (SSSR count). The fraction of sp³-hybridized carbons (Fsp3) is 0. The zero-order chi connectivity index (χ0) is 11.5. The Morgan fingerprint density at radius 1 is 0.824 bits per heavy atom. The minimum atomic E-state index is 1.00. The van der Waals surface area contributed by atoms with Crippen molar-refractivity contribution in [2.45, 2.75) is 0 Å². The van der Waals surface area contributed by atoms with Gasteiger partial charge in [0.25, 0.3) is 0 Å². The van der Waals surface area contributed by atoms with Crippen LogP contribution in [0.15, 0.2) is 72.0 Å². The molecule has 0 atom stereocenters. The Hall–Kier alpha value is -2.35. The molecule has 0 saturated carbocycles. The monoisotopic (exact) mass is 220 g/mol. The van der Waals surface area contributed by atoms with Crippen LogP contribution in [0.4, 0.5) is 5.69 Å². The van der Waals surface area contributed by atoms with E-state index < -0.39 is 0 Å². The third-order valence-electron chi connectivity index (χ3n) is 2.75. The summed E-state index contributed by atoms with van der Waals surface area (Å²) < 4.78 is 0. The van der Waals surface area contributed by atoms with Gasteiger partial charge in [0.1, 0.15) is 0 Å². The molecule has 1 N–H and O–H groups in total. The van der Waals surface area contributed by atoms with Crippen molar-refractivity contribution in [1.82, 2.24) is 0 Å². The lowest BCUT2D eigenvalue weighted by Crippen LogP contribution is -2.04. The number of fused-ring (bicyclic) bond motifs is 1. The van der Waals surface area contributed by atoms with E-state index in [-0.39, 0.29) is 0 Å². The molecular weight excluding hydrogens is 208 g/mol. The van der Waals surface area contributed by atoms with Crippen LogP contribution >= 0.6 is 0 Å². The van der Waals surface area contributed by atoms with Gasteiger partial charge in [0.05, 0.1) is 5.71 Å². The van der Waals surface area contributed by atoms with E-state index in [9.17, 15) is 0 Å². The molecule has 2 heteroatoms. The van der Waals surface area contributed by atoms with Gasteiger partial charge in [-0.15, -0.1) is 0 Å². The second kappa shape index (κ2) is 4.26. The van der Waals surface area contributed by atoms with Crippen LogP contribution in [0.3, 0.4) is 0 Å². The average Bonchev–Trinajstić information content (AvgIpc) is 2.62. The highest BCUT2D eigenvalue weighted by molar-refractivity contribution is 6.16. The summed E-state index contributed by atoms with van der Waals surface area (Å²) in [5.41, 5.74) is 4.35. The van der Waals surface area contributed by atoms with Crippen LogP contribution in [0.1, 0.15) is 11.1 Å². The molecule has 0 unspecified atom stereocenters. The lowest BCUT2D eigenvalue weighted by Gasteiger charge is -2.09. The molecule has 0 bridgehead atoms. The zero-order valence-corrected chi connectivity index (χ0v) is 9.30. The molecule has 2 aromatic rings. The first-order valence-corrected chi connectivity index (χ1v) is 5.59. The Labute approximate surface area is 100 Å². The number of hydrogen-bond donors (Lipinski definition) is 1. The molecule has 2 nitrogen and oxygen atoms in total. The second-order valence-corrected chi connectivity index (χ2v) is 3.85. The highest BCUT2D eigenvalue weighted by Gasteiger charge is 2.11. The number of para-hydroxylation sites is 1. The molecule has 2 aromatic carbocycles. The summed E-state index contributed by atoms with van der Waals surface area (Å²) in [6, 6.07) is 18.4. The lowest BCUT2D eigenvalue weighted by atomic mass is 10.0. The smallest absolute Gasteiger partial charge is 0.0795 e. The van der Waals surface area contributed by atoms with Gasteiger partial charge in [-0.05, 0) is 6.07 Å². The number of nitrogens with one attached hydrogen (secondary N) is 1. The molecule has 0 amide bonds. The Balaban J connectivity index is 2.18. The molecule has 0 radical (unpaired) electrons. The summed E-state index contributed by atoms with van der Waals surface area (Å²) in [7, 11) is 0. The molecule has 0 fully saturated rings. The first-order chi connectivity index (χ1) is 8.45. The maximum absolute atomic E-state index is 4.51. The molecule has 1 aliphatic rings. The molecule has 0 aromatic heterocycles. The minimum Gasteiger partial charge on any atom is -0.360 e. The Morgan fingerprint density at radius 2 is 1.59 bits per heavy atom. The number of rotatable bonds is 1. The normalized spacial score (nSPS) is 13.3. The van der Waals surface area contributed by atoms with Gasteiger partial charge in [-0.3, -0.25) is 4.99 Å². The van der Waals surface area contributed by atoms with Gasteiger partial charge in [0.15, 0.2) is 0 Å². The summed E-state index contributed by atoms with van der Waals surface area (Å²) in [6.07, 6.45) is 3.65. The SMILES string of the molecule is C1=CNc2ccccc2C(c2ccccc2)=N1. The van der Waals surface area contributed by atoms with Gasteiger partial charge in [-0.25, -0.2) is 0 Å². The number of hydrogen-bond acceptors (Lipinski definition) is 2. The first-order valence-electron chi connectivity index (χ1n) is 5.59. The van der Waals surface area contributed by atoms with Crippen LogP contribution in [-0.2, 0) is 0 Å². The summed E-state index contributed by atoms with van der Waals surface area (Å²) in [5, 5.41) is 3.23. The van der Waals surface area contributed by atoms with Gasteiger partial charge >= 0.3 is 0 Å². The molecule has 17 heavy (non-hydrogen) atoms. The summed E-state index contributed by atoms with van der Waals surface area (Å²) in [4.78, 5) is 4.51. The van der Waals surface area contributed by atoms with Crippen molar-refractivity contribution >= 4 is 11.4 Å². The highest BCUT2D eigenvalue weighted by atomic mass is 14.9. The fourth-order valence-electron chi connectivity index (χ4n) is 1.95. The van der Waals surface area contributed by atoms with Crippen LogP contribution < -0.4 is 5.32 Å². The molecule has 0 saturated heterocycles. The highest BCUT2D eigenvalue weighted by Crippen LogP contribution is 2.21. The maximum atomic E-state index is 4.51. The van der Waals surface area contributed by atoms with Gasteiger partial charge in [0.2, 0.25) is 0 Å². The zero-order valence-electron chi connectivity index (χ0n) is 9.30. The largest absolute Gasteiger partial charge is 0.360 e. The quantitative estimate of drug-likeness (QED) is 0.782. The molecule has 0 aliphatic carbocycles. The molecular formula is C15H12N2. The van der Waals surface area contributed by atoms with E-state index in [0.717, 1.165) is 22.5 Å². The van der Waals surface area contributed by atoms with Crippen molar-refractivity contribution in [2.75, 3.05) is 5.32 Å². The number of anilines is 1. The summed E-state index contributed by atoms with van der Waals surface area (Å²) >= 11 is 0. The van der Waals surface area contributed by atoms with E-state index in [2.05, 4.69) is 34.6 Å². The van der Waals surface area contributed by atoms with Crippen LogP contribution in [0.25, 0.3) is 0 Å². The van der Waals surface area contributed by atoms with Gasteiger partial charge in [-0.2, -0.15) is 0 Å². The second-order valence-electron chi connectivity index (χ2n) is 3.85. The van der Waals surface area contributed by atoms with Crippen molar-refractivity contribution in [3.8, 4) is 0 Å². The van der Waals surface area contributed by atoms with E-state index in [1.54, 1.807) is 6.20 Å². The Kier molecular flexibility index (Phi) is 2.47. The van der Waals surface area contributed by atoms with Crippen molar-refractivity contribution in [3.05, 3.63) is 78.1 Å². The van der Waals surface area contributed by atoms with Crippen LogP contribution in [0, 0.1) is 0 Å². The van der Waals surface area contributed by atoms with Crippen LogP contribution in [0.5, 0.6) is 0 Å². The van der Waals surface area contributed by atoms with Crippen molar-refractivity contribution in [3.63, 3.8) is 0 Å².